The highest BCUT2D eigenvalue weighted by Gasteiger charge is 2.36. The molecule has 2 atom stereocenters. The van der Waals surface area contributed by atoms with Gasteiger partial charge in [0.05, 0.1) is 5.56 Å². The van der Waals surface area contributed by atoms with Gasteiger partial charge in [0.1, 0.15) is 24.6 Å². The molecule has 2 aromatic rings. The second-order valence-electron chi connectivity index (χ2n) is 11.5. The molecular formula is C31H39N2O+. The van der Waals surface area contributed by atoms with Crippen LogP contribution in [0.4, 0.5) is 5.69 Å². The van der Waals surface area contributed by atoms with Crippen molar-refractivity contribution in [1.29, 1.82) is 0 Å². The van der Waals surface area contributed by atoms with Gasteiger partial charge in [-0.05, 0) is 68.2 Å². The Labute approximate surface area is 204 Å². The molecule has 5 aliphatic rings. The maximum Gasteiger partial charge on any atom is 0.210 e. The van der Waals surface area contributed by atoms with Crippen molar-refractivity contribution in [2.24, 2.45) is 11.8 Å². The summed E-state index contributed by atoms with van der Waals surface area (Å²) in [6, 6.07) is 4.97. The lowest BCUT2D eigenvalue weighted by molar-refractivity contribution is 0.255. The van der Waals surface area contributed by atoms with Crippen molar-refractivity contribution < 1.29 is 4.74 Å². The van der Waals surface area contributed by atoms with Crippen molar-refractivity contribution in [1.82, 2.24) is 4.58 Å². The predicted octanol–water partition coefficient (Wildman–Crippen LogP) is 4.76. The highest BCUT2D eigenvalue weighted by Crippen LogP contribution is 2.45. The number of fused-ring (bicyclic) bond motifs is 4. The molecule has 2 unspecified atom stereocenters. The molecule has 0 bridgehead atoms. The van der Waals surface area contributed by atoms with E-state index in [4.69, 9.17) is 4.74 Å². The number of hydrogen-bond donors (Lipinski definition) is 0. The zero-order chi connectivity index (χ0) is 22.8. The van der Waals surface area contributed by atoms with Crippen LogP contribution in [0.3, 0.4) is 0 Å². The summed E-state index contributed by atoms with van der Waals surface area (Å²) in [6.07, 6.45) is 15.0. The Bertz CT molecular complexity index is 1290. The van der Waals surface area contributed by atoms with Crippen molar-refractivity contribution in [3.05, 3.63) is 50.5 Å². The highest BCUT2D eigenvalue weighted by molar-refractivity contribution is 5.76. The van der Waals surface area contributed by atoms with E-state index in [9.17, 15) is 0 Å². The minimum absolute atomic E-state index is 0.792. The minimum Gasteiger partial charge on any atom is -0.455 e. The van der Waals surface area contributed by atoms with E-state index in [1.807, 2.05) is 0 Å². The molecule has 0 N–H and O–H groups in total. The molecular weight excluding hydrogens is 416 g/mol. The van der Waals surface area contributed by atoms with Gasteiger partial charge in [0.25, 0.3) is 0 Å². The van der Waals surface area contributed by atoms with E-state index in [2.05, 4.69) is 41.5 Å². The molecule has 0 spiro atoms. The Balaban J connectivity index is 1.39. The molecule has 5 heterocycles. The SMILES string of the molecule is CCCC(CC)C1Cc2cc3c(c4c2=[N+](CCC4)C1)Oc1c(cc2c4c1CCCN4CCC2)C=3. The number of benzene rings is 2. The predicted molar refractivity (Wildman–Crippen MR) is 140 cm³/mol. The smallest absolute Gasteiger partial charge is 0.210 e. The van der Waals surface area contributed by atoms with E-state index >= 15 is 0 Å². The van der Waals surface area contributed by atoms with E-state index in [0.29, 0.717) is 0 Å². The van der Waals surface area contributed by atoms with Crippen LogP contribution in [0.15, 0.2) is 12.1 Å². The fourth-order valence-electron chi connectivity index (χ4n) is 7.99. The monoisotopic (exact) mass is 455 g/mol. The summed E-state index contributed by atoms with van der Waals surface area (Å²) >= 11 is 0. The molecule has 34 heavy (non-hydrogen) atoms. The summed E-state index contributed by atoms with van der Waals surface area (Å²) in [4.78, 5) is 2.63. The lowest BCUT2D eigenvalue weighted by Crippen LogP contribution is -2.49. The van der Waals surface area contributed by atoms with Gasteiger partial charge in [-0.25, -0.2) is 4.58 Å². The number of hydrogen-bond acceptors (Lipinski definition) is 2. The van der Waals surface area contributed by atoms with Gasteiger partial charge in [0.2, 0.25) is 5.36 Å². The number of ether oxygens (including phenoxy) is 1. The van der Waals surface area contributed by atoms with Crippen LogP contribution in [-0.2, 0) is 25.7 Å². The zero-order valence-electron chi connectivity index (χ0n) is 21.1. The second kappa shape index (κ2) is 8.14. The van der Waals surface area contributed by atoms with Gasteiger partial charge in [-0.1, -0.05) is 33.1 Å². The summed E-state index contributed by atoms with van der Waals surface area (Å²) in [5.74, 6) is 4.00. The molecule has 178 valence electrons. The molecule has 0 amide bonds. The highest BCUT2D eigenvalue weighted by atomic mass is 16.5. The molecule has 0 fully saturated rings. The molecule has 3 heteroatoms. The average molecular weight is 456 g/mol. The van der Waals surface area contributed by atoms with Gasteiger partial charge in [0.15, 0.2) is 0 Å². The van der Waals surface area contributed by atoms with Gasteiger partial charge >= 0.3 is 0 Å². The molecule has 3 nitrogen and oxygen atoms in total. The largest absolute Gasteiger partial charge is 0.455 e. The third-order valence-electron chi connectivity index (χ3n) is 9.43. The quantitative estimate of drug-likeness (QED) is 0.527. The number of rotatable bonds is 4. The van der Waals surface area contributed by atoms with Crippen LogP contribution in [-0.4, -0.2) is 26.2 Å². The standard InChI is InChI=1S/C31H39N2O/c1-3-8-20(4-2)25-17-22-16-24-18-23-15-21-9-5-12-32-13-6-10-26(28(21)32)30(23)34-31(24)27-11-7-14-33(19-25)29(22)27/h15-16,18,20,25H,3-14,17,19H2,1-2H3/q+1. The molecule has 5 aliphatic heterocycles. The van der Waals surface area contributed by atoms with Crippen LogP contribution in [0.25, 0.3) is 6.08 Å². The van der Waals surface area contributed by atoms with E-state index in [1.165, 1.54) is 122 Å². The third kappa shape index (κ3) is 3.11. The van der Waals surface area contributed by atoms with Crippen LogP contribution in [0.2, 0.25) is 0 Å². The second-order valence-corrected chi connectivity index (χ2v) is 11.5. The molecule has 0 radical (unpaired) electrons. The normalized spacial score (nSPS) is 22.6. The van der Waals surface area contributed by atoms with Crippen LogP contribution >= 0.6 is 0 Å². The first-order chi connectivity index (χ1) is 16.7. The van der Waals surface area contributed by atoms with Crippen molar-refractivity contribution in [3.8, 4) is 11.5 Å². The first-order valence-corrected chi connectivity index (χ1v) is 14.1. The van der Waals surface area contributed by atoms with Gasteiger partial charge in [-0.2, -0.15) is 0 Å². The number of anilines is 1. The molecule has 0 aliphatic carbocycles. The summed E-state index contributed by atoms with van der Waals surface area (Å²) in [6.45, 7) is 9.63. The van der Waals surface area contributed by atoms with Gasteiger partial charge in [-0.15, -0.1) is 0 Å². The molecule has 0 saturated carbocycles. The Hall–Kier alpha value is -2.29. The Morgan fingerprint density at radius 2 is 1.85 bits per heavy atom. The fraction of sp³-hybridized carbons (Fsp3) is 0.581. The molecule has 7 rings (SSSR count). The van der Waals surface area contributed by atoms with Crippen molar-refractivity contribution in [2.45, 2.75) is 78.1 Å². The summed E-state index contributed by atoms with van der Waals surface area (Å²) in [5, 5.41) is 2.88. The lowest BCUT2D eigenvalue weighted by atomic mass is 9.79. The van der Waals surface area contributed by atoms with Crippen LogP contribution in [0.5, 0.6) is 11.5 Å². The topological polar surface area (TPSA) is 15.5 Å². The van der Waals surface area contributed by atoms with Gasteiger partial charge in [0, 0.05) is 53.0 Å². The minimum atomic E-state index is 0.792. The summed E-state index contributed by atoms with van der Waals surface area (Å²) in [5.41, 5.74) is 8.98. The zero-order valence-corrected chi connectivity index (χ0v) is 21.1. The number of aryl methyl sites for hydroxylation is 1. The van der Waals surface area contributed by atoms with Crippen LogP contribution in [0, 0.1) is 11.8 Å². The number of nitrogens with zero attached hydrogens (tertiary/aromatic N) is 2. The average Bonchev–Trinajstić information content (AvgIpc) is 2.87. The Kier molecular flexibility index (Phi) is 5.03. The molecule has 0 aromatic heterocycles. The van der Waals surface area contributed by atoms with E-state index < -0.39 is 0 Å². The maximum absolute atomic E-state index is 6.97. The first-order valence-electron chi connectivity index (χ1n) is 14.1. The van der Waals surface area contributed by atoms with Gasteiger partial charge < -0.3 is 9.64 Å². The van der Waals surface area contributed by atoms with Crippen molar-refractivity contribution in [2.75, 3.05) is 31.1 Å². The summed E-state index contributed by atoms with van der Waals surface area (Å²) < 4.78 is 9.70. The molecule has 0 saturated heterocycles. The fourth-order valence-corrected chi connectivity index (χ4v) is 7.99. The van der Waals surface area contributed by atoms with Crippen LogP contribution in [0.1, 0.15) is 80.2 Å². The lowest BCUT2D eigenvalue weighted by Gasteiger charge is -2.38. The van der Waals surface area contributed by atoms with E-state index in [-0.39, 0.29) is 0 Å². The summed E-state index contributed by atoms with van der Waals surface area (Å²) in [7, 11) is 0. The maximum atomic E-state index is 6.97. The van der Waals surface area contributed by atoms with Crippen molar-refractivity contribution in [3.63, 3.8) is 0 Å². The Morgan fingerprint density at radius 1 is 1.00 bits per heavy atom. The van der Waals surface area contributed by atoms with Crippen molar-refractivity contribution >= 4 is 11.8 Å². The van der Waals surface area contributed by atoms with Crippen LogP contribution < -0.4 is 24.8 Å². The van der Waals surface area contributed by atoms with E-state index in [1.54, 1.807) is 11.1 Å². The van der Waals surface area contributed by atoms with Gasteiger partial charge in [-0.3, -0.25) is 0 Å². The Morgan fingerprint density at radius 3 is 2.71 bits per heavy atom. The molecule has 2 aromatic carbocycles. The first kappa shape index (κ1) is 21.0. The van der Waals surface area contributed by atoms with E-state index in [0.717, 1.165) is 24.7 Å². The third-order valence-corrected chi connectivity index (χ3v) is 9.43.